The van der Waals surface area contributed by atoms with Gasteiger partial charge in [-0.1, -0.05) is 26.0 Å². The number of ether oxygens (including phenoxy) is 5. The van der Waals surface area contributed by atoms with Gasteiger partial charge >= 0.3 is 6.09 Å². The van der Waals surface area contributed by atoms with Gasteiger partial charge in [0.1, 0.15) is 40.7 Å². The Hall–Kier alpha value is -5.94. The van der Waals surface area contributed by atoms with Crippen LogP contribution in [0, 0.1) is 5.92 Å². The van der Waals surface area contributed by atoms with Crippen molar-refractivity contribution in [2.75, 3.05) is 41.0 Å². The number of fused-ring (bicyclic) bond motifs is 5. The summed E-state index contributed by atoms with van der Waals surface area (Å²) in [6.45, 7) is 11.3. The highest BCUT2D eigenvalue weighted by Crippen LogP contribution is 2.47. The summed E-state index contributed by atoms with van der Waals surface area (Å²) in [5.41, 5.74) is 6.42. The van der Waals surface area contributed by atoms with Crippen molar-refractivity contribution in [1.82, 2.24) is 39.6 Å². The number of H-pyrrole nitrogens is 2. The van der Waals surface area contributed by atoms with E-state index in [1.807, 2.05) is 30.5 Å². The number of amides is 1. The second kappa shape index (κ2) is 17.8. The summed E-state index contributed by atoms with van der Waals surface area (Å²) in [5.74, 6) is 3.68. The number of methoxy groups -OCH3 is 3. The maximum absolute atomic E-state index is 14.8. The number of alkyl halides is 1. The summed E-state index contributed by atoms with van der Waals surface area (Å²) in [6.07, 6.45) is 2.43. The van der Waals surface area contributed by atoms with Crippen LogP contribution in [0.1, 0.15) is 89.4 Å². The standard InChI is InChI=1S/C49H59FN8O7/c1-27(2)38(55-47(59)63-8)26-56-15-9-10-40(56)44-51-24-37(53-44)29-11-13-35-41-19-30-16-28(36-23-52-45(54-36)42-21-32(50)25-57(42)48(60)65-49(3,4)5)12-14-39(30)58(41)46(64-43(35)20-29)31-17-33(61-6)22-34(18-31)62-7/h11-14,16-20,22-24,27,32,38,40,42,46-47,55,59H,9-10,15,21,25-26H2,1-8H3,(H,51,53)(H,52,54). The van der Waals surface area contributed by atoms with Crippen LogP contribution in [0.3, 0.4) is 0 Å². The van der Waals surface area contributed by atoms with Crippen LogP contribution in [0.5, 0.6) is 17.2 Å². The third kappa shape index (κ3) is 8.92. The lowest BCUT2D eigenvalue weighted by atomic mass is 10.0. The summed E-state index contributed by atoms with van der Waals surface area (Å²) >= 11 is 0. The fraction of sp³-hybridized carbons (Fsp3) is 0.449. The zero-order valence-corrected chi connectivity index (χ0v) is 38.2. The SMILES string of the molecule is COc1cc(OC)cc(C2Oc3cc(-c4cnc(C5CCCN5CC(NC(O)OC)C(C)C)[nH]4)ccc3-c3cc4cc(-c5cnc(C6CC(F)CN6C(=O)OC(C)(C)C)[nH]5)ccc4n32)c1. The molecule has 9 rings (SSSR count). The Morgan fingerprint density at radius 2 is 1.62 bits per heavy atom. The Labute approximate surface area is 378 Å². The molecule has 3 aliphatic rings. The number of nitrogens with one attached hydrogen (secondary N) is 3. The fourth-order valence-corrected chi connectivity index (χ4v) is 9.41. The molecule has 2 fully saturated rings. The molecule has 6 aromatic rings. The van der Waals surface area contributed by atoms with E-state index in [0.717, 1.165) is 82.0 Å². The first-order chi connectivity index (χ1) is 31.2. The number of imidazole rings is 2. The van der Waals surface area contributed by atoms with Gasteiger partial charge < -0.3 is 43.3 Å². The van der Waals surface area contributed by atoms with Gasteiger partial charge in [0.2, 0.25) is 12.6 Å². The molecular weight excluding hydrogens is 832 g/mol. The van der Waals surface area contributed by atoms with Gasteiger partial charge in [0.05, 0.1) is 67.8 Å². The van der Waals surface area contributed by atoms with Crippen molar-refractivity contribution in [3.8, 4) is 51.0 Å². The molecule has 3 aromatic heterocycles. The van der Waals surface area contributed by atoms with Crippen molar-refractivity contribution in [1.29, 1.82) is 0 Å². The molecule has 4 N–H and O–H groups in total. The van der Waals surface area contributed by atoms with E-state index in [0.29, 0.717) is 23.1 Å². The highest BCUT2D eigenvalue weighted by Gasteiger charge is 2.40. The van der Waals surface area contributed by atoms with E-state index in [9.17, 15) is 14.3 Å². The van der Waals surface area contributed by atoms with E-state index in [-0.39, 0.29) is 31.0 Å². The molecule has 6 unspecified atom stereocenters. The number of nitrogens with zero attached hydrogens (tertiary/aromatic N) is 5. The third-order valence-corrected chi connectivity index (χ3v) is 12.7. The first-order valence-corrected chi connectivity index (χ1v) is 22.3. The molecule has 1 amide bonds. The predicted octanol–water partition coefficient (Wildman–Crippen LogP) is 8.74. The first-order valence-electron chi connectivity index (χ1n) is 22.3. The summed E-state index contributed by atoms with van der Waals surface area (Å²) in [7, 11) is 4.75. The van der Waals surface area contributed by atoms with Crippen LogP contribution < -0.4 is 19.5 Å². The molecule has 0 spiro atoms. The van der Waals surface area contributed by atoms with Crippen LogP contribution in [-0.2, 0) is 9.47 Å². The molecule has 6 heterocycles. The highest BCUT2D eigenvalue weighted by molar-refractivity contribution is 5.92. The van der Waals surface area contributed by atoms with E-state index < -0.39 is 36.5 Å². The summed E-state index contributed by atoms with van der Waals surface area (Å²) in [4.78, 5) is 33.5. The lowest BCUT2D eigenvalue weighted by Crippen LogP contribution is -2.48. The summed E-state index contributed by atoms with van der Waals surface area (Å²) in [6, 6.07) is 20.0. The molecule has 3 aromatic carbocycles. The van der Waals surface area contributed by atoms with Gasteiger partial charge in [-0.15, -0.1) is 0 Å². The zero-order valence-electron chi connectivity index (χ0n) is 38.2. The van der Waals surface area contributed by atoms with Gasteiger partial charge in [-0.2, -0.15) is 0 Å². The van der Waals surface area contributed by atoms with Crippen molar-refractivity contribution >= 4 is 17.0 Å². The minimum Gasteiger partial charge on any atom is -0.497 e. The molecule has 65 heavy (non-hydrogen) atoms. The molecule has 0 saturated carbocycles. The van der Waals surface area contributed by atoms with Crippen LogP contribution >= 0.6 is 0 Å². The number of likely N-dealkylation sites (tertiary alicyclic amines) is 2. The number of aliphatic hydroxyl groups excluding tert-OH is 1. The van der Waals surface area contributed by atoms with Gasteiger partial charge in [-0.25, -0.2) is 19.2 Å². The topological polar surface area (TPSA) is 164 Å². The second-order valence-electron chi connectivity index (χ2n) is 18.6. The monoisotopic (exact) mass is 890 g/mol. The molecule has 344 valence electrons. The largest absolute Gasteiger partial charge is 0.497 e. The normalized spacial score (nSPS) is 20.8. The average Bonchev–Trinajstić information content (AvgIpc) is 4.14. The molecule has 6 atom stereocenters. The maximum atomic E-state index is 14.8. The molecule has 0 bridgehead atoms. The van der Waals surface area contributed by atoms with Crippen molar-refractivity contribution < 1.29 is 38.0 Å². The third-order valence-electron chi connectivity index (χ3n) is 12.7. The van der Waals surface area contributed by atoms with Gasteiger partial charge in [-0.05, 0) is 88.5 Å². The number of halogens is 1. The first kappa shape index (κ1) is 44.3. The Balaban J connectivity index is 1.05. The van der Waals surface area contributed by atoms with Crippen molar-refractivity contribution in [3.63, 3.8) is 0 Å². The van der Waals surface area contributed by atoms with Crippen molar-refractivity contribution in [2.24, 2.45) is 5.92 Å². The van der Waals surface area contributed by atoms with Crippen LogP contribution in [0.2, 0.25) is 0 Å². The van der Waals surface area contributed by atoms with Gasteiger partial charge in [0.15, 0.2) is 0 Å². The van der Waals surface area contributed by atoms with Gasteiger partial charge in [0, 0.05) is 59.8 Å². The Kier molecular flexibility index (Phi) is 12.1. The fourth-order valence-electron chi connectivity index (χ4n) is 9.41. The lowest BCUT2D eigenvalue weighted by molar-refractivity contribution is -0.108. The number of rotatable bonds is 13. The molecule has 2 saturated heterocycles. The van der Waals surface area contributed by atoms with Crippen molar-refractivity contribution in [3.05, 3.63) is 90.3 Å². The average molecular weight is 891 g/mol. The Bertz CT molecular complexity index is 2650. The van der Waals surface area contributed by atoms with Crippen LogP contribution in [0.15, 0.2) is 73.1 Å². The molecule has 0 aliphatic carbocycles. The van der Waals surface area contributed by atoms with E-state index in [1.165, 1.54) is 12.0 Å². The number of carbonyl (C=O) groups excluding carboxylic acids is 1. The molecule has 15 nitrogen and oxygen atoms in total. The number of benzene rings is 3. The van der Waals surface area contributed by atoms with E-state index >= 15 is 0 Å². The highest BCUT2D eigenvalue weighted by atomic mass is 19.1. The van der Waals surface area contributed by atoms with Gasteiger partial charge in [0.25, 0.3) is 0 Å². The number of aromatic nitrogens is 5. The van der Waals surface area contributed by atoms with E-state index in [1.54, 1.807) is 41.2 Å². The summed E-state index contributed by atoms with van der Waals surface area (Å²) < 4.78 is 46.2. The Morgan fingerprint density at radius 1 is 0.938 bits per heavy atom. The number of aliphatic hydroxyl groups is 1. The predicted molar refractivity (Wildman–Crippen MR) is 244 cm³/mol. The number of hydrogen-bond donors (Lipinski definition) is 4. The smallest absolute Gasteiger partial charge is 0.411 e. The maximum Gasteiger partial charge on any atom is 0.411 e. The van der Waals surface area contributed by atoms with Gasteiger partial charge in [-0.3, -0.25) is 15.1 Å². The number of hydrogen-bond acceptors (Lipinski definition) is 11. The zero-order chi connectivity index (χ0) is 45.7. The van der Waals surface area contributed by atoms with E-state index in [4.69, 9.17) is 28.7 Å². The van der Waals surface area contributed by atoms with Crippen LogP contribution in [-0.4, -0.2) is 111 Å². The quantitative estimate of drug-likeness (QED) is 0.0820. The minimum absolute atomic E-state index is 0.0304. The van der Waals surface area contributed by atoms with E-state index in [2.05, 4.69) is 80.0 Å². The van der Waals surface area contributed by atoms with Crippen LogP contribution in [0.4, 0.5) is 9.18 Å². The second-order valence-corrected chi connectivity index (χ2v) is 18.6. The lowest BCUT2D eigenvalue weighted by Gasteiger charge is -2.32. The Morgan fingerprint density at radius 3 is 2.28 bits per heavy atom. The molecular formula is C49H59FN8O7. The molecule has 16 heteroatoms. The molecule has 3 aliphatic heterocycles. The van der Waals surface area contributed by atoms with Crippen LogP contribution in [0.25, 0.3) is 44.7 Å². The molecule has 0 radical (unpaired) electrons. The number of carbonyl (C=O) groups is 1. The number of aromatic amines is 2. The summed E-state index contributed by atoms with van der Waals surface area (Å²) in [5, 5.41) is 14.4. The minimum atomic E-state index is -1.18. The van der Waals surface area contributed by atoms with Crippen molar-refractivity contribution in [2.45, 2.75) is 96.4 Å².